The number of phenols is 1. The Labute approximate surface area is 94.7 Å². The number of morpholine rings is 1. The lowest BCUT2D eigenvalue weighted by molar-refractivity contribution is -0.00269. The van der Waals surface area contributed by atoms with Crippen molar-refractivity contribution >= 4 is 0 Å². The quantitative estimate of drug-likeness (QED) is 0.808. The summed E-state index contributed by atoms with van der Waals surface area (Å²) in [5, 5.41) is 17.9. The molecule has 0 radical (unpaired) electrons. The van der Waals surface area contributed by atoms with Crippen molar-refractivity contribution in [3.63, 3.8) is 0 Å². The molecule has 0 bridgehead atoms. The molecule has 84 valence electrons. The van der Waals surface area contributed by atoms with Crippen LogP contribution >= 0.6 is 0 Å². The van der Waals surface area contributed by atoms with Crippen molar-refractivity contribution in [2.75, 3.05) is 19.7 Å². The molecule has 0 spiro atoms. The summed E-state index contributed by atoms with van der Waals surface area (Å²) in [6, 6.07) is 9.27. The highest BCUT2D eigenvalue weighted by Gasteiger charge is 2.19. The highest BCUT2D eigenvalue weighted by Crippen LogP contribution is 2.13. The van der Waals surface area contributed by atoms with E-state index in [4.69, 9.17) is 15.1 Å². The third-order valence-corrected chi connectivity index (χ3v) is 2.64. The molecule has 1 aromatic carbocycles. The molecule has 2 rings (SSSR count). The lowest BCUT2D eigenvalue weighted by Crippen LogP contribution is -2.41. The van der Waals surface area contributed by atoms with Crippen LogP contribution in [0, 0.1) is 11.3 Å². The van der Waals surface area contributed by atoms with Gasteiger partial charge in [-0.05, 0) is 17.7 Å². The molecule has 0 amide bonds. The molecule has 1 unspecified atom stereocenters. The van der Waals surface area contributed by atoms with Crippen molar-refractivity contribution in [3.05, 3.63) is 29.8 Å². The normalized spacial score (nSPS) is 21.6. The van der Waals surface area contributed by atoms with E-state index in [0.29, 0.717) is 13.2 Å². The van der Waals surface area contributed by atoms with Crippen molar-refractivity contribution < 1.29 is 9.84 Å². The maximum atomic E-state index is 9.17. The van der Waals surface area contributed by atoms with E-state index in [1.165, 1.54) is 0 Å². The summed E-state index contributed by atoms with van der Waals surface area (Å²) in [6.07, 6.45) is -0.314. The van der Waals surface area contributed by atoms with E-state index in [1.807, 2.05) is 12.1 Å². The highest BCUT2D eigenvalue weighted by molar-refractivity contribution is 5.25. The van der Waals surface area contributed by atoms with Gasteiger partial charge in [-0.1, -0.05) is 12.1 Å². The van der Waals surface area contributed by atoms with Crippen LogP contribution in [0.25, 0.3) is 0 Å². The van der Waals surface area contributed by atoms with Crippen LogP contribution in [0.3, 0.4) is 0 Å². The number of nitrogens with zero attached hydrogens (tertiary/aromatic N) is 2. The van der Waals surface area contributed by atoms with Crippen molar-refractivity contribution in [1.82, 2.24) is 4.90 Å². The maximum Gasteiger partial charge on any atom is 0.156 e. The summed E-state index contributed by atoms with van der Waals surface area (Å²) in [4.78, 5) is 2.18. The summed E-state index contributed by atoms with van der Waals surface area (Å²) >= 11 is 0. The van der Waals surface area contributed by atoms with Crippen molar-refractivity contribution in [2.45, 2.75) is 12.6 Å². The second kappa shape index (κ2) is 4.97. The van der Waals surface area contributed by atoms with Gasteiger partial charge in [0.05, 0.1) is 12.7 Å². The first-order valence-electron chi connectivity index (χ1n) is 5.29. The zero-order valence-corrected chi connectivity index (χ0v) is 8.97. The Morgan fingerprint density at radius 2 is 2.19 bits per heavy atom. The molecule has 1 aromatic rings. The smallest absolute Gasteiger partial charge is 0.156 e. The van der Waals surface area contributed by atoms with Crippen LogP contribution in [0.1, 0.15) is 5.56 Å². The number of aromatic hydroxyl groups is 1. The summed E-state index contributed by atoms with van der Waals surface area (Å²) in [7, 11) is 0. The lowest BCUT2D eigenvalue weighted by Gasteiger charge is -2.29. The predicted octanol–water partition coefficient (Wildman–Crippen LogP) is 1.12. The Morgan fingerprint density at radius 3 is 2.88 bits per heavy atom. The minimum atomic E-state index is -0.314. The minimum absolute atomic E-state index is 0.278. The van der Waals surface area contributed by atoms with Gasteiger partial charge in [0.15, 0.2) is 6.10 Å². The Bertz CT molecular complexity index is 383. The zero-order chi connectivity index (χ0) is 11.4. The molecule has 4 nitrogen and oxygen atoms in total. The molecule has 16 heavy (non-hydrogen) atoms. The molecule has 1 saturated heterocycles. The Balaban J connectivity index is 1.94. The van der Waals surface area contributed by atoms with Crippen LogP contribution in [0.15, 0.2) is 24.3 Å². The lowest BCUT2D eigenvalue weighted by atomic mass is 10.2. The van der Waals surface area contributed by atoms with E-state index in [0.717, 1.165) is 18.7 Å². The van der Waals surface area contributed by atoms with Crippen molar-refractivity contribution in [3.8, 4) is 11.8 Å². The largest absolute Gasteiger partial charge is 0.508 e. The summed E-state index contributed by atoms with van der Waals surface area (Å²) in [5.41, 5.74) is 1.14. The second-order valence-electron chi connectivity index (χ2n) is 3.89. The number of benzene rings is 1. The zero-order valence-electron chi connectivity index (χ0n) is 8.97. The predicted molar refractivity (Wildman–Crippen MR) is 58.7 cm³/mol. The number of ether oxygens (including phenoxy) is 1. The van der Waals surface area contributed by atoms with Gasteiger partial charge in [0.25, 0.3) is 0 Å². The summed E-state index contributed by atoms with van der Waals surface area (Å²) in [5.74, 6) is 0.278. The first-order chi connectivity index (χ1) is 7.78. The minimum Gasteiger partial charge on any atom is -0.508 e. The number of hydrogen-bond donors (Lipinski definition) is 1. The van der Waals surface area contributed by atoms with Gasteiger partial charge < -0.3 is 9.84 Å². The second-order valence-corrected chi connectivity index (χ2v) is 3.89. The average molecular weight is 218 g/mol. The number of hydrogen-bond acceptors (Lipinski definition) is 4. The van der Waals surface area contributed by atoms with Gasteiger partial charge in [0, 0.05) is 19.6 Å². The molecule has 0 saturated carbocycles. The van der Waals surface area contributed by atoms with Gasteiger partial charge in [0.1, 0.15) is 5.75 Å². The van der Waals surface area contributed by atoms with Crippen LogP contribution in [0.4, 0.5) is 0 Å². The first-order valence-corrected chi connectivity index (χ1v) is 5.29. The fourth-order valence-electron chi connectivity index (χ4n) is 1.78. The molecule has 1 N–H and O–H groups in total. The van der Waals surface area contributed by atoms with Gasteiger partial charge in [-0.25, -0.2) is 0 Å². The third-order valence-electron chi connectivity index (χ3n) is 2.64. The molecule has 0 aliphatic carbocycles. The van der Waals surface area contributed by atoms with Crippen LogP contribution < -0.4 is 0 Å². The van der Waals surface area contributed by atoms with Gasteiger partial charge >= 0.3 is 0 Å². The van der Waals surface area contributed by atoms with Gasteiger partial charge in [-0.2, -0.15) is 5.26 Å². The van der Waals surface area contributed by atoms with E-state index in [9.17, 15) is 0 Å². The third kappa shape index (κ3) is 2.72. The van der Waals surface area contributed by atoms with E-state index in [-0.39, 0.29) is 11.9 Å². The van der Waals surface area contributed by atoms with Gasteiger partial charge in [0.2, 0.25) is 0 Å². The molecule has 4 heteroatoms. The van der Waals surface area contributed by atoms with Crippen molar-refractivity contribution in [2.24, 2.45) is 0 Å². The molecule has 1 fully saturated rings. The van der Waals surface area contributed by atoms with Crippen LogP contribution in [-0.4, -0.2) is 35.8 Å². The Hall–Kier alpha value is -1.57. The first kappa shape index (κ1) is 10.9. The fourth-order valence-corrected chi connectivity index (χ4v) is 1.78. The summed E-state index contributed by atoms with van der Waals surface area (Å²) < 4.78 is 5.27. The Morgan fingerprint density at radius 1 is 1.44 bits per heavy atom. The van der Waals surface area contributed by atoms with Crippen LogP contribution in [-0.2, 0) is 11.3 Å². The monoisotopic (exact) mass is 218 g/mol. The highest BCUT2D eigenvalue weighted by atomic mass is 16.5. The standard InChI is InChI=1S/C12H14N2O2/c13-7-12-9-14(5-6-16-12)8-10-1-3-11(15)4-2-10/h1-4,12,15H,5-6,8-9H2. The Kier molecular flexibility index (Phi) is 3.40. The van der Waals surface area contributed by atoms with E-state index in [2.05, 4.69) is 11.0 Å². The molecule has 1 atom stereocenters. The molecule has 1 aliphatic heterocycles. The molecular formula is C12H14N2O2. The van der Waals surface area contributed by atoms with E-state index in [1.54, 1.807) is 12.1 Å². The molecule has 1 aliphatic rings. The van der Waals surface area contributed by atoms with Gasteiger partial charge in [-0.3, -0.25) is 4.90 Å². The fraction of sp³-hybridized carbons (Fsp3) is 0.417. The SMILES string of the molecule is N#CC1CN(Cc2ccc(O)cc2)CCO1. The number of rotatable bonds is 2. The van der Waals surface area contributed by atoms with Crippen molar-refractivity contribution in [1.29, 1.82) is 5.26 Å². The van der Waals surface area contributed by atoms with E-state index < -0.39 is 0 Å². The molecule has 1 heterocycles. The summed E-state index contributed by atoms with van der Waals surface area (Å²) in [6.45, 7) is 2.90. The van der Waals surface area contributed by atoms with Crippen LogP contribution in [0.2, 0.25) is 0 Å². The molecular weight excluding hydrogens is 204 g/mol. The maximum absolute atomic E-state index is 9.17. The average Bonchev–Trinajstić information content (AvgIpc) is 2.32. The molecule has 0 aromatic heterocycles. The van der Waals surface area contributed by atoms with E-state index >= 15 is 0 Å². The number of phenolic OH excluding ortho intramolecular Hbond substituents is 1. The van der Waals surface area contributed by atoms with Crippen LogP contribution in [0.5, 0.6) is 5.75 Å². The number of nitriles is 1. The topological polar surface area (TPSA) is 56.5 Å². The van der Waals surface area contributed by atoms with Gasteiger partial charge in [-0.15, -0.1) is 0 Å².